The van der Waals surface area contributed by atoms with Crippen molar-refractivity contribution in [3.8, 4) is 0 Å². The van der Waals surface area contributed by atoms with Crippen LogP contribution in [-0.4, -0.2) is 14.8 Å². The largest absolute Gasteiger partial charge is 0.366 e. The van der Waals surface area contributed by atoms with Gasteiger partial charge >= 0.3 is 0 Å². The number of hydrogen-bond acceptors (Lipinski definition) is 4. The molecule has 23 heavy (non-hydrogen) atoms. The number of nitrogens with zero attached hydrogens (tertiary/aromatic N) is 3. The molecule has 0 aliphatic carbocycles. The molecule has 0 spiro atoms. The average Bonchev–Trinajstić information content (AvgIpc) is 2.95. The fourth-order valence-corrected chi connectivity index (χ4v) is 3.25. The lowest BCUT2D eigenvalue weighted by atomic mass is 9.93. The van der Waals surface area contributed by atoms with Crippen molar-refractivity contribution in [1.82, 2.24) is 14.8 Å². The van der Waals surface area contributed by atoms with Crippen LogP contribution >= 0.6 is 0 Å². The molecule has 0 saturated carbocycles. The van der Waals surface area contributed by atoms with Crippen LogP contribution in [0.3, 0.4) is 0 Å². The molecule has 5 heteroatoms. The van der Waals surface area contributed by atoms with Crippen molar-refractivity contribution < 1.29 is 0 Å². The van der Waals surface area contributed by atoms with E-state index in [0.29, 0.717) is 5.95 Å². The summed E-state index contributed by atoms with van der Waals surface area (Å²) in [6.45, 7) is 2.11. The van der Waals surface area contributed by atoms with Crippen molar-refractivity contribution in [2.45, 2.75) is 25.4 Å². The molecular formula is C18H19N5. The zero-order valence-corrected chi connectivity index (χ0v) is 13.0. The van der Waals surface area contributed by atoms with Crippen molar-refractivity contribution in [1.29, 1.82) is 0 Å². The van der Waals surface area contributed by atoms with E-state index in [-0.39, 0.29) is 12.1 Å². The van der Waals surface area contributed by atoms with Gasteiger partial charge in [0.05, 0.1) is 12.1 Å². The van der Waals surface area contributed by atoms with Gasteiger partial charge in [-0.05, 0) is 24.5 Å². The number of benzene rings is 2. The maximum Gasteiger partial charge on any atom is 0.241 e. The van der Waals surface area contributed by atoms with Gasteiger partial charge in [-0.25, -0.2) is 4.68 Å². The first-order valence-electron chi connectivity index (χ1n) is 7.81. The van der Waals surface area contributed by atoms with Crippen molar-refractivity contribution >= 4 is 11.9 Å². The highest BCUT2D eigenvalue weighted by Gasteiger charge is 2.30. The minimum atomic E-state index is 0.126. The summed E-state index contributed by atoms with van der Waals surface area (Å²) < 4.78 is 1.91. The Morgan fingerprint density at radius 1 is 1.09 bits per heavy atom. The number of rotatable bonds is 2. The van der Waals surface area contributed by atoms with Gasteiger partial charge in [-0.2, -0.15) is 4.98 Å². The molecule has 0 bridgehead atoms. The van der Waals surface area contributed by atoms with Gasteiger partial charge in [0.1, 0.15) is 0 Å². The summed E-state index contributed by atoms with van der Waals surface area (Å²) in [5.74, 6) is 1.04. The molecular weight excluding hydrogens is 286 g/mol. The third kappa shape index (κ3) is 2.54. The van der Waals surface area contributed by atoms with E-state index in [0.717, 1.165) is 12.4 Å². The highest BCUT2D eigenvalue weighted by atomic mass is 15.4. The second-order valence-electron chi connectivity index (χ2n) is 6.01. The molecule has 0 radical (unpaired) electrons. The minimum absolute atomic E-state index is 0.126. The van der Waals surface area contributed by atoms with Crippen LogP contribution in [0.5, 0.6) is 0 Å². The van der Waals surface area contributed by atoms with Crippen LogP contribution in [-0.2, 0) is 0 Å². The van der Waals surface area contributed by atoms with E-state index in [4.69, 9.17) is 5.73 Å². The van der Waals surface area contributed by atoms with Gasteiger partial charge < -0.3 is 11.1 Å². The van der Waals surface area contributed by atoms with Gasteiger partial charge in [0, 0.05) is 0 Å². The van der Waals surface area contributed by atoms with Gasteiger partial charge in [-0.3, -0.25) is 0 Å². The van der Waals surface area contributed by atoms with E-state index in [9.17, 15) is 0 Å². The Bertz CT molecular complexity index is 824. The molecule has 0 amide bonds. The minimum Gasteiger partial charge on any atom is -0.366 e. The molecule has 3 N–H and O–H groups in total. The van der Waals surface area contributed by atoms with Crippen molar-refractivity contribution in [2.75, 3.05) is 11.1 Å². The Hall–Kier alpha value is -2.82. The van der Waals surface area contributed by atoms with E-state index in [2.05, 4.69) is 70.9 Å². The van der Waals surface area contributed by atoms with Gasteiger partial charge in [0.2, 0.25) is 11.9 Å². The van der Waals surface area contributed by atoms with Crippen LogP contribution < -0.4 is 11.1 Å². The molecule has 1 aliphatic heterocycles. The topological polar surface area (TPSA) is 68.8 Å². The van der Waals surface area contributed by atoms with Crippen molar-refractivity contribution in [2.24, 2.45) is 0 Å². The van der Waals surface area contributed by atoms with Gasteiger partial charge in [-0.15, -0.1) is 5.10 Å². The molecule has 2 heterocycles. The summed E-state index contributed by atoms with van der Waals surface area (Å²) in [5, 5.41) is 7.85. The van der Waals surface area contributed by atoms with E-state index in [1.807, 2.05) is 10.7 Å². The Morgan fingerprint density at radius 3 is 2.65 bits per heavy atom. The molecule has 1 aromatic heterocycles. The Kier molecular flexibility index (Phi) is 3.26. The number of aromatic nitrogens is 3. The van der Waals surface area contributed by atoms with Gasteiger partial charge in [-0.1, -0.05) is 60.2 Å². The maximum absolute atomic E-state index is 5.83. The summed E-state index contributed by atoms with van der Waals surface area (Å²) >= 11 is 0. The van der Waals surface area contributed by atoms with Crippen LogP contribution in [0.4, 0.5) is 11.9 Å². The quantitative estimate of drug-likeness (QED) is 0.762. The van der Waals surface area contributed by atoms with E-state index < -0.39 is 0 Å². The fourth-order valence-electron chi connectivity index (χ4n) is 3.25. The summed E-state index contributed by atoms with van der Waals surface area (Å²) in [5.41, 5.74) is 9.56. The predicted octanol–water partition coefficient (Wildman–Crippen LogP) is 3.32. The zero-order chi connectivity index (χ0) is 15.8. The third-order valence-corrected chi connectivity index (χ3v) is 4.33. The predicted molar refractivity (Wildman–Crippen MR) is 91.2 cm³/mol. The number of fused-ring (bicyclic) bond motifs is 1. The molecule has 3 aromatic rings. The lowest BCUT2D eigenvalue weighted by Gasteiger charge is -2.31. The Labute approximate surface area is 135 Å². The number of anilines is 2. The van der Waals surface area contributed by atoms with Crippen molar-refractivity contribution in [3.63, 3.8) is 0 Å². The molecule has 2 atom stereocenters. The van der Waals surface area contributed by atoms with E-state index >= 15 is 0 Å². The second kappa shape index (κ2) is 5.43. The Morgan fingerprint density at radius 2 is 1.87 bits per heavy atom. The SMILES string of the molecule is Cc1cccc([C@@H]2C[C@H](c3ccccc3)Nc3nc(N)nn32)c1. The summed E-state index contributed by atoms with van der Waals surface area (Å²) in [6.07, 6.45) is 0.906. The highest BCUT2D eigenvalue weighted by Crippen LogP contribution is 2.37. The normalized spacial score (nSPS) is 19.9. The Balaban J connectivity index is 1.78. The number of nitrogen functional groups attached to an aromatic ring is 1. The molecule has 5 nitrogen and oxygen atoms in total. The van der Waals surface area contributed by atoms with Crippen LogP contribution in [0, 0.1) is 6.92 Å². The zero-order valence-electron chi connectivity index (χ0n) is 13.0. The lowest BCUT2D eigenvalue weighted by Crippen LogP contribution is -2.28. The highest BCUT2D eigenvalue weighted by molar-refractivity contribution is 5.42. The number of hydrogen-bond donors (Lipinski definition) is 2. The molecule has 1 aliphatic rings. The summed E-state index contributed by atoms with van der Waals surface area (Å²) in [6, 6.07) is 19.3. The fraction of sp³-hybridized carbons (Fsp3) is 0.222. The van der Waals surface area contributed by atoms with Crippen LogP contribution in [0.1, 0.15) is 35.2 Å². The molecule has 2 aromatic carbocycles. The first kappa shape index (κ1) is 13.8. The number of nitrogens with two attached hydrogens (primary N) is 1. The molecule has 4 rings (SSSR count). The molecule has 0 fully saturated rings. The number of aryl methyl sites for hydroxylation is 1. The summed E-state index contributed by atoms with van der Waals surface area (Å²) in [4.78, 5) is 4.34. The van der Waals surface area contributed by atoms with Gasteiger partial charge in [0.25, 0.3) is 0 Å². The molecule has 116 valence electrons. The average molecular weight is 305 g/mol. The number of nitrogens with one attached hydrogen (secondary N) is 1. The first-order valence-corrected chi connectivity index (χ1v) is 7.81. The first-order chi connectivity index (χ1) is 11.2. The molecule has 0 unspecified atom stereocenters. The molecule has 0 saturated heterocycles. The van der Waals surface area contributed by atoms with Crippen LogP contribution in [0.15, 0.2) is 54.6 Å². The summed E-state index contributed by atoms with van der Waals surface area (Å²) in [7, 11) is 0. The van der Waals surface area contributed by atoms with Crippen LogP contribution in [0.2, 0.25) is 0 Å². The van der Waals surface area contributed by atoms with Crippen LogP contribution in [0.25, 0.3) is 0 Å². The third-order valence-electron chi connectivity index (χ3n) is 4.33. The van der Waals surface area contributed by atoms with Gasteiger partial charge in [0.15, 0.2) is 0 Å². The maximum atomic E-state index is 5.83. The monoisotopic (exact) mass is 305 g/mol. The second-order valence-corrected chi connectivity index (χ2v) is 6.01. The van der Waals surface area contributed by atoms with Crippen molar-refractivity contribution in [3.05, 3.63) is 71.3 Å². The van der Waals surface area contributed by atoms with E-state index in [1.54, 1.807) is 0 Å². The standard InChI is InChI=1S/C18H19N5/c1-12-6-5-9-14(10-12)16-11-15(13-7-3-2-4-8-13)20-18-21-17(19)22-23(16)18/h2-10,15-16H,11H2,1H3,(H3,19,20,21,22)/t15-,16+/m1/s1. The smallest absolute Gasteiger partial charge is 0.241 e. The lowest BCUT2D eigenvalue weighted by molar-refractivity contribution is 0.431. The van der Waals surface area contributed by atoms with E-state index in [1.165, 1.54) is 16.7 Å².